The van der Waals surface area contributed by atoms with E-state index in [-0.39, 0.29) is 37.5 Å². The zero-order valence-corrected chi connectivity index (χ0v) is 54.0. The Balaban J connectivity index is 4.43. The highest BCUT2D eigenvalue weighted by Gasteiger charge is 2.19. The molecule has 0 saturated heterocycles. The Kier molecular flexibility index (Phi) is 66.2. The second-order valence-electron chi connectivity index (χ2n) is 23.1. The quantitative estimate of drug-likeness (QED) is 0.0261. The van der Waals surface area contributed by atoms with E-state index in [1.165, 1.54) is 186 Å². The maximum absolute atomic E-state index is 12.9. The Hall–Kier alpha value is -3.93. The van der Waals surface area contributed by atoms with E-state index in [0.29, 0.717) is 19.3 Å². The van der Waals surface area contributed by atoms with Crippen molar-refractivity contribution in [1.82, 2.24) is 0 Å². The van der Waals surface area contributed by atoms with Crippen molar-refractivity contribution in [3.63, 3.8) is 0 Å². The summed E-state index contributed by atoms with van der Waals surface area (Å²) in [6.07, 6.45) is 95.4. The first-order chi connectivity index (χ1) is 40.5. The lowest BCUT2D eigenvalue weighted by molar-refractivity contribution is -0.167. The highest BCUT2D eigenvalue weighted by atomic mass is 16.6. The van der Waals surface area contributed by atoms with Crippen molar-refractivity contribution in [3.05, 3.63) is 109 Å². The number of ether oxygens (including phenoxy) is 3. The van der Waals surface area contributed by atoms with E-state index in [1.54, 1.807) is 0 Å². The lowest BCUT2D eigenvalue weighted by Gasteiger charge is -2.18. The normalized spacial score (nSPS) is 12.8. The molecule has 0 rings (SSSR count). The van der Waals surface area contributed by atoms with E-state index in [2.05, 4.69) is 130 Å². The van der Waals surface area contributed by atoms with Gasteiger partial charge in [-0.3, -0.25) is 14.4 Å². The summed E-state index contributed by atoms with van der Waals surface area (Å²) < 4.78 is 16.9. The van der Waals surface area contributed by atoms with Crippen LogP contribution in [0.2, 0.25) is 0 Å². The van der Waals surface area contributed by atoms with Crippen LogP contribution in [0.5, 0.6) is 0 Å². The van der Waals surface area contributed by atoms with Crippen molar-refractivity contribution < 1.29 is 28.6 Å². The van der Waals surface area contributed by atoms with Gasteiger partial charge in [0.1, 0.15) is 13.2 Å². The van der Waals surface area contributed by atoms with Crippen LogP contribution in [0.25, 0.3) is 0 Å². The molecule has 6 nitrogen and oxygen atoms in total. The van der Waals surface area contributed by atoms with Gasteiger partial charge < -0.3 is 14.2 Å². The van der Waals surface area contributed by atoms with Gasteiger partial charge in [0.15, 0.2) is 6.10 Å². The molecule has 0 spiro atoms. The molecule has 6 heteroatoms. The van der Waals surface area contributed by atoms with Gasteiger partial charge in [0, 0.05) is 19.3 Å². The number of carbonyl (C=O) groups excluding carboxylic acids is 3. The number of allylic oxidation sites excluding steroid dienone is 18. The minimum absolute atomic E-state index is 0.0980. The largest absolute Gasteiger partial charge is 0.462 e. The molecule has 0 aromatic heterocycles. The SMILES string of the molecule is CC/C=C\C/C=C\C/C=C\C/C=C\C/C=C\C/C=C\CCCCC(=O)OC(COC(=O)CCCCCCCCC/C=C\C/C=C\CCCCCC)COC(=O)CCCCCCCCCCCCCCC/C=C\CCCCCCCCCC. The van der Waals surface area contributed by atoms with Gasteiger partial charge >= 0.3 is 17.9 Å². The van der Waals surface area contributed by atoms with Crippen LogP contribution in [0.15, 0.2) is 109 Å². The first kappa shape index (κ1) is 78.1. The minimum atomic E-state index is -0.808. The molecule has 0 aromatic carbocycles. The lowest BCUT2D eigenvalue weighted by atomic mass is 10.0. The Labute approximate surface area is 508 Å². The standard InChI is InChI=1S/C76H130O6/c1-4-7-10-13-16-19-22-25-28-31-34-36-37-38-39-41-42-45-48-51-54-57-60-63-66-69-75(78)81-72-73(71-80-74(77)68-65-62-59-56-53-50-47-44-33-30-27-24-21-18-15-12-9-6-3)82-76(79)70-67-64-61-58-55-52-49-46-43-40-35-32-29-26-23-20-17-14-11-8-5-2/h8,11,17,20-21,24,26,29-31,33-35,40,46,49,55,58,73H,4-7,9-10,12-16,18-19,22-23,25,27-28,32,36-39,41-45,47-48,50-54,56-57,59-72H2,1-3H3/b11-8-,20-17-,24-21-,29-26-,33-30-,34-31-,40-35-,49-46-,58-55-. The Bertz CT molecular complexity index is 1640. The first-order valence-electron chi connectivity index (χ1n) is 34.9. The maximum atomic E-state index is 12.9. The molecule has 0 aliphatic heterocycles. The van der Waals surface area contributed by atoms with E-state index >= 15 is 0 Å². The molecule has 0 heterocycles. The van der Waals surface area contributed by atoms with Gasteiger partial charge in [0.2, 0.25) is 0 Å². The molecule has 0 aliphatic carbocycles. The minimum Gasteiger partial charge on any atom is -0.462 e. The monoisotopic (exact) mass is 1140 g/mol. The third-order valence-electron chi connectivity index (χ3n) is 15.0. The Morgan fingerprint density at radius 2 is 0.476 bits per heavy atom. The van der Waals surface area contributed by atoms with Crippen LogP contribution in [0, 0.1) is 0 Å². The van der Waals surface area contributed by atoms with E-state index in [4.69, 9.17) is 14.2 Å². The molecule has 0 fully saturated rings. The lowest BCUT2D eigenvalue weighted by Crippen LogP contribution is -2.30. The highest BCUT2D eigenvalue weighted by molar-refractivity contribution is 5.71. The smallest absolute Gasteiger partial charge is 0.306 e. The second-order valence-corrected chi connectivity index (χ2v) is 23.1. The summed E-state index contributed by atoms with van der Waals surface area (Å²) >= 11 is 0. The first-order valence-corrected chi connectivity index (χ1v) is 34.9. The fourth-order valence-electron chi connectivity index (χ4n) is 9.77. The van der Waals surface area contributed by atoms with Gasteiger partial charge in [0.25, 0.3) is 0 Å². The zero-order chi connectivity index (χ0) is 59.2. The molecule has 0 amide bonds. The van der Waals surface area contributed by atoms with Gasteiger partial charge in [0.05, 0.1) is 0 Å². The van der Waals surface area contributed by atoms with Crippen molar-refractivity contribution in [2.24, 2.45) is 0 Å². The van der Waals surface area contributed by atoms with Crippen LogP contribution in [0.4, 0.5) is 0 Å². The number of unbranched alkanes of at least 4 members (excludes halogenated alkanes) is 34. The van der Waals surface area contributed by atoms with E-state index < -0.39 is 6.10 Å². The number of esters is 3. The van der Waals surface area contributed by atoms with E-state index in [9.17, 15) is 14.4 Å². The molecule has 1 unspecified atom stereocenters. The van der Waals surface area contributed by atoms with Crippen molar-refractivity contribution in [1.29, 1.82) is 0 Å². The molecular formula is C76H130O6. The molecule has 0 aromatic rings. The van der Waals surface area contributed by atoms with Crippen LogP contribution in [-0.4, -0.2) is 37.2 Å². The highest BCUT2D eigenvalue weighted by Crippen LogP contribution is 2.16. The summed E-state index contributed by atoms with van der Waals surface area (Å²) in [4.78, 5) is 38.5. The number of hydrogen-bond acceptors (Lipinski definition) is 6. The van der Waals surface area contributed by atoms with Gasteiger partial charge in [-0.25, -0.2) is 0 Å². The summed E-state index contributed by atoms with van der Waals surface area (Å²) in [7, 11) is 0. The van der Waals surface area contributed by atoms with Gasteiger partial charge in [-0.2, -0.15) is 0 Å². The van der Waals surface area contributed by atoms with Gasteiger partial charge in [-0.05, 0) is 128 Å². The molecule has 0 aliphatic rings. The molecule has 470 valence electrons. The summed E-state index contributed by atoms with van der Waals surface area (Å²) in [5, 5.41) is 0. The fraction of sp³-hybridized carbons (Fsp3) is 0.724. The van der Waals surface area contributed by atoms with E-state index in [1.807, 2.05) is 0 Å². The van der Waals surface area contributed by atoms with E-state index in [0.717, 1.165) is 103 Å². The predicted octanol–water partition coefficient (Wildman–Crippen LogP) is 24.2. The average Bonchev–Trinajstić information content (AvgIpc) is 3.47. The summed E-state index contributed by atoms with van der Waals surface area (Å²) in [5.41, 5.74) is 0. The number of rotatable bonds is 63. The molecule has 0 saturated carbocycles. The fourth-order valence-corrected chi connectivity index (χ4v) is 9.77. The third kappa shape index (κ3) is 66.9. The summed E-state index contributed by atoms with van der Waals surface area (Å²) in [6.45, 7) is 6.50. The van der Waals surface area contributed by atoms with Crippen molar-refractivity contribution in [2.45, 2.75) is 341 Å². The van der Waals surface area contributed by atoms with Gasteiger partial charge in [-0.1, -0.05) is 297 Å². The predicted molar refractivity (Wildman–Crippen MR) is 357 cm³/mol. The molecule has 0 bridgehead atoms. The number of hydrogen-bond donors (Lipinski definition) is 0. The zero-order valence-electron chi connectivity index (χ0n) is 54.0. The van der Waals surface area contributed by atoms with Crippen LogP contribution in [0.3, 0.4) is 0 Å². The summed E-state index contributed by atoms with van der Waals surface area (Å²) in [5.74, 6) is -0.938. The molecular weight excluding hydrogens is 1010 g/mol. The molecule has 0 radical (unpaired) electrons. The molecule has 82 heavy (non-hydrogen) atoms. The van der Waals surface area contributed by atoms with Gasteiger partial charge in [-0.15, -0.1) is 0 Å². The Morgan fingerprint density at radius 3 is 0.793 bits per heavy atom. The Morgan fingerprint density at radius 1 is 0.256 bits per heavy atom. The third-order valence-corrected chi connectivity index (χ3v) is 15.0. The summed E-state index contributed by atoms with van der Waals surface area (Å²) in [6, 6.07) is 0. The van der Waals surface area contributed by atoms with Crippen LogP contribution in [0.1, 0.15) is 335 Å². The second kappa shape index (κ2) is 69.6. The molecule has 1 atom stereocenters. The van der Waals surface area contributed by atoms with Crippen molar-refractivity contribution in [3.8, 4) is 0 Å². The van der Waals surface area contributed by atoms with Crippen LogP contribution < -0.4 is 0 Å². The van der Waals surface area contributed by atoms with Crippen molar-refractivity contribution in [2.75, 3.05) is 13.2 Å². The molecule has 0 N–H and O–H groups in total. The maximum Gasteiger partial charge on any atom is 0.306 e. The van der Waals surface area contributed by atoms with Crippen LogP contribution >= 0.6 is 0 Å². The van der Waals surface area contributed by atoms with Crippen LogP contribution in [-0.2, 0) is 28.6 Å². The van der Waals surface area contributed by atoms with Crippen molar-refractivity contribution >= 4 is 17.9 Å². The number of carbonyl (C=O) groups is 3. The topological polar surface area (TPSA) is 78.9 Å². The average molecular weight is 1140 g/mol.